The van der Waals surface area contributed by atoms with Gasteiger partial charge in [0.15, 0.2) is 11.5 Å². The Kier molecular flexibility index (Phi) is 3.85. The minimum Gasteiger partial charge on any atom is -0.486 e. The molecule has 0 spiro atoms. The first-order valence-corrected chi connectivity index (χ1v) is 5.94. The molecule has 1 aliphatic heterocycles. The molecule has 4 nitrogen and oxygen atoms in total. The van der Waals surface area contributed by atoms with Crippen LogP contribution in [0.25, 0.3) is 0 Å². The molecule has 1 aromatic carbocycles. The van der Waals surface area contributed by atoms with E-state index in [1.807, 2.05) is 31.2 Å². The second kappa shape index (κ2) is 5.57. The monoisotopic (exact) mass is 235 g/mol. The summed E-state index contributed by atoms with van der Waals surface area (Å²) in [6.45, 7) is 2.95. The van der Waals surface area contributed by atoms with Crippen molar-refractivity contribution in [2.24, 2.45) is 0 Å². The lowest BCUT2D eigenvalue weighted by Gasteiger charge is -2.26. The van der Waals surface area contributed by atoms with Gasteiger partial charge in [0.2, 0.25) is 5.91 Å². The molecule has 1 N–H and O–H groups in total. The number of carbonyl (C=O) groups is 1. The number of hydrogen-bond acceptors (Lipinski definition) is 3. The van der Waals surface area contributed by atoms with Crippen molar-refractivity contribution in [1.29, 1.82) is 0 Å². The van der Waals surface area contributed by atoms with E-state index in [0.717, 1.165) is 17.9 Å². The van der Waals surface area contributed by atoms with Crippen LogP contribution in [0.4, 0.5) is 0 Å². The third-order valence-electron chi connectivity index (χ3n) is 2.57. The highest BCUT2D eigenvalue weighted by atomic mass is 16.6. The first-order chi connectivity index (χ1) is 8.29. The van der Waals surface area contributed by atoms with E-state index in [0.29, 0.717) is 19.6 Å². The van der Waals surface area contributed by atoms with Crippen molar-refractivity contribution in [1.82, 2.24) is 5.32 Å². The predicted octanol–water partition coefficient (Wildman–Crippen LogP) is 1.74. The van der Waals surface area contributed by atoms with E-state index in [1.165, 1.54) is 0 Å². The van der Waals surface area contributed by atoms with Crippen LogP contribution in [0.5, 0.6) is 11.5 Å². The highest BCUT2D eigenvalue weighted by Gasteiger charge is 2.20. The minimum absolute atomic E-state index is 0.0648. The summed E-state index contributed by atoms with van der Waals surface area (Å²) in [6, 6.07) is 7.56. The van der Waals surface area contributed by atoms with E-state index in [4.69, 9.17) is 9.47 Å². The van der Waals surface area contributed by atoms with Gasteiger partial charge in [-0.3, -0.25) is 4.79 Å². The van der Waals surface area contributed by atoms with Crippen LogP contribution < -0.4 is 14.8 Å². The van der Waals surface area contributed by atoms with Gasteiger partial charge < -0.3 is 14.8 Å². The first kappa shape index (κ1) is 11.8. The second-order valence-corrected chi connectivity index (χ2v) is 4.05. The molecular formula is C13H17NO3. The fourth-order valence-corrected chi connectivity index (χ4v) is 1.71. The maximum absolute atomic E-state index is 11.3. The molecule has 2 rings (SSSR count). The number of benzene rings is 1. The Bertz CT molecular complexity index is 392. The molecule has 1 atom stereocenters. The smallest absolute Gasteiger partial charge is 0.220 e. The molecule has 0 bridgehead atoms. The third kappa shape index (κ3) is 3.12. The highest BCUT2D eigenvalue weighted by Crippen LogP contribution is 2.30. The molecule has 0 fully saturated rings. The average Bonchev–Trinajstić information content (AvgIpc) is 2.36. The third-order valence-corrected chi connectivity index (χ3v) is 2.57. The molecule has 0 radical (unpaired) electrons. The summed E-state index contributed by atoms with van der Waals surface area (Å²) in [5.41, 5.74) is 0. The number of nitrogens with one attached hydrogen (secondary N) is 1. The van der Waals surface area contributed by atoms with Crippen LogP contribution in [-0.4, -0.2) is 25.2 Å². The molecule has 92 valence electrons. The van der Waals surface area contributed by atoms with E-state index in [9.17, 15) is 4.79 Å². The largest absolute Gasteiger partial charge is 0.486 e. The Hall–Kier alpha value is -1.71. The summed E-state index contributed by atoms with van der Waals surface area (Å²) in [5, 5.41) is 2.84. The van der Waals surface area contributed by atoms with Crippen molar-refractivity contribution < 1.29 is 14.3 Å². The molecule has 0 unspecified atom stereocenters. The number of ether oxygens (including phenoxy) is 2. The molecule has 4 heteroatoms. The predicted molar refractivity (Wildman–Crippen MR) is 64.3 cm³/mol. The van der Waals surface area contributed by atoms with Crippen LogP contribution in [-0.2, 0) is 4.79 Å². The van der Waals surface area contributed by atoms with E-state index in [1.54, 1.807) is 0 Å². The zero-order chi connectivity index (χ0) is 12.1. The summed E-state index contributed by atoms with van der Waals surface area (Å²) >= 11 is 0. The zero-order valence-corrected chi connectivity index (χ0v) is 9.94. The SMILES string of the molecule is CCCC(=O)NC[C@@H]1COc2ccccc2O1. The molecule has 17 heavy (non-hydrogen) atoms. The molecule has 1 aromatic rings. The van der Waals surface area contributed by atoms with Gasteiger partial charge in [0, 0.05) is 6.42 Å². The number of amides is 1. The van der Waals surface area contributed by atoms with Gasteiger partial charge in [0.25, 0.3) is 0 Å². The average molecular weight is 235 g/mol. The molecule has 0 aliphatic carbocycles. The van der Waals surface area contributed by atoms with Crippen molar-refractivity contribution in [3.63, 3.8) is 0 Å². The van der Waals surface area contributed by atoms with E-state index in [2.05, 4.69) is 5.32 Å². The van der Waals surface area contributed by atoms with Crippen LogP contribution in [0.3, 0.4) is 0 Å². The molecule has 1 heterocycles. The van der Waals surface area contributed by atoms with Crippen molar-refractivity contribution in [3.8, 4) is 11.5 Å². The minimum atomic E-state index is -0.106. The van der Waals surface area contributed by atoms with E-state index in [-0.39, 0.29) is 12.0 Å². The van der Waals surface area contributed by atoms with Crippen molar-refractivity contribution >= 4 is 5.91 Å². The Labute approximate surface area is 101 Å². The van der Waals surface area contributed by atoms with Gasteiger partial charge in [0.1, 0.15) is 12.7 Å². The fourth-order valence-electron chi connectivity index (χ4n) is 1.71. The molecule has 0 saturated carbocycles. The number of fused-ring (bicyclic) bond motifs is 1. The van der Waals surface area contributed by atoms with Gasteiger partial charge in [-0.2, -0.15) is 0 Å². The van der Waals surface area contributed by atoms with E-state index < -0.39 is 0 Å². The van der Waals surface area contributed by atoms with Crippen LogP contribution in [0.15, 0.2) is 24.3 Å². The quantitative estimate of drug-likeness (QED) is 0.864. The summed E-state index contributed by atoms with van der Waals surface area (Å²) in [6.07, 6.45) is 1.31. The van der Waals surface area contributed by atoms with Gasteiger partial charge >= 0.3 is 0 Å². The lowest BCUT2D eigenvalue weighted by atomic mass is 10.2. The molecule has 0 saturated heterocycles. The normalized spacial score (nSPS) is 17.6. The van der Waals surface area contributed by atoms with Gasteiger partial charge in [-0.15, -0.1) is 0 Å². The second-order valence-electron chi connectivity index (χ2n) is 4.05. The van der Waals surface area contributed by atoms with Crippen LogP contribution >= 0.6 is 0 Å². The van der Waals surface area contributed by atoms with E-state index >= 15 is 0 Å². The molecule has 0 aromatic heterocycles. The fraction of sp³-hybridized carbons (Fsp3) is 0.462. The van der Waals surface area contributed by atoms with Crippen LogP contribution in [0.2, 0.25) is 0 Å². The molecular weight excluding hydrogens is 218 g/mol. The Morgan fingerprint density at radius 2 is 2.18 bits per heavy atom. The Morgan fingerprint density at radius 1 is 1.41 bits per heavy atom. The van der Waals surface area contributed by atoms with Crippen molar-refractivity contribution in [2.75, 3.05) is 13.2 Å². The summed E-state index contributed by atoms with van der Waals surface area (Å²) < 4.78 is 11.3. The first-order valence-electron chi connectivity index (χ1n) is 5.94. The zero-order valence-electron chi connectivity index (χ0n) is 9.94. The standard InChI is InChI=1S/C13H17NO3/c1-2-5-13(15)14-8-10-9-16-11-6-3-4-7-12(11)17-10/h3-4,6-7,10H,2,5,8-9H2,1H3,(H,14,15)/t10-/m1/s1. The lowest BCUT2D eigenvalue weighted by molar-refractivity contribution is -0.121. The topological polar surface area (TPSA) is 47.6 Å². The summed E-state index contributed by atoms with van der Waals surface area (Å²) in [5.74, 6) is 1.58. The number of para-hydroxylation sites is 2. The van der Waals surface area contributed by atoms with Crippen molar-refractivity contribution in [2.45, 2.75) is 25.9 Å². The molecule has 1 amide bonds. The Morgan fingerprint density at radius 3 is 2.94 bits per heavy atom. The van der Waals surface area contributed by atoms with Crippen LogP contribution in [0.1, 0.15) is 19.8 Å². The summed E-state index contributed by atoms with van der Waals surface area (Å²) in [4.78, 5) is 11.3. The maximum Gasteiger partial charge on any atom is 0.220 e. The van der Waals surface area contributed by atoms with Crippen molar-refractivity contribution in [3.05, 3.63) is 24.3 Å². The number of rotatable bonds is 4. The van der Waals surface area contributed by atoms with Gasteiger partial charge in [-0.1, -0.05) is 19.1 Å². The number of carbonyl (C=O) groups excluding carboxylic acids is 1. The lowest BCUT2D eigenvalue weighted by Crippen LogP contribution is -2.40. The maximum atomic E-state index is 11.3. The number of hydrogen-bond donors (Lipinski definition) is 1. The van der Waals surface area contributed by atoms with Gasteiger partial charge in [-0.05, 0) is 18.6 Å². The molecule has 1 aliphatic rings. The summed E-state index contributed by atoms with van der Waals surface area (Å²) in [7, 11) is 0. The van der Waals surface area contributed by atoms with Gasteiger partial charge in [-0.25, -0.2) is 0 Å². The Balaban J connectivity index is 1.84. The highest BCUT2D eigenvalue weighted by molar-refractivity contribution is 5.75. The van der Waals surface area contributed by atoms with Gasteiger partial charge in [0.05, 0.1) is 6.54 Å². The van der Waals surface area contributed by atoms with Crippen LogP contribution in [0, 0.1) is 0 Å².